The number of hydrogen-bond acceptors (Lipinski definition) is 0. The number of rotatable bonds is 4. The van der Waals surface area contributed by atoms with Crippen LogP contribution in [-0.4, -0.2) is 5.33 Å². The number of nitrogens with zero attached hydrogens (tertiary/aromatic N) is 1. The number of alkyl halides is 1. The average molecular weight is 356 g/mol. The number of benzene rings is 1. The van der Waals surface area contributed by atoms with Gasteiger partial charge in [-0.2, -0.15) is 4.57 Å². The molecule has 0 saturated heterocycles. The molecule has 2 rings (SSSR count). The number of hydrogen-bond donors (Lipinski definition) is 0. The van der Waals surface area contributed by atoms with Gasteiger partial charge in [-0.3, -0.25) is 0 Å². The highest BCUT2D eigenvalue weighted by Gasteiger charge is 2.10. The molecule has 0 bridgehead atoms. The summed E-state index contributed by atoms with van der Waals surface area (Å²) >= 11 is 6.94. The summed E-state index contributed by atoms with van der Waals surface area (Å²) in [6, 6.07) is 14.8. The summed E-state index contributed by atoms with van der Waals surface area (Å²) in [6.07, 6.45) is 3.28. The van der Waals surface area contributed by atoms with E-state index in [4.69, 9.17) is 0 Å². The van der Waals surface area contributed by atoms with E-state index in [0.717, 1.165) is 22.8 Å². The third-order valence-corrected chi connectivity index (χ3v) is 3.70. The maximum atomic E-state index is 3.48. The lowest BCUT2D eigenvalue weighted by molar-refractivity contribution is -0.686. The minimum Gasteiger partial charge on any atom is -0.198 e. The van der Waals surface area contributed by atoms with Crippen LogP contribution in [0.3, 0.4) is 0 Å². The fraction of sp³-hybridized carbons (Fsp3) is 0.214. The lowest BCUT2D eigenvalue weighted by Crippen LogP contribution is -2.35. The molecule has 0 amide bonds. The first-order valence-corrected chi connectivity index (χ1v) is 7.53. The van der Waals surface area contributed by atoms with Gasteiger partial charge in [0.05, 0.1) is 0 Å². The third kappa shape index (κ3) is 3.39. The zero-order chi connectivity index (χ0) is 12.1. The summed E-state index contributed by atoms with van der Waals surface area (Å²) in [5.41, 5.74) is 2.52. The first-order chi connectivity index (χ1) is 8.31. The van der Waals surface area contributed by atoms with Crippen LogP contribution >= 0.6 is 31.9 Å². The van der Waals surface area contributed by atoms with Gasteiger partial charge in [-0.05, 0) is 30.3 Å². The maximum absolute atomic E-state index is 3.48. The van der Waals surface area contributed by atoms with Crippen LogP contribution in [0.5, 0.6) is 0 Å². The van der Waals surface area contributed by atoms with Gasteiger partial charge >= 0.3 is 0 Å². The molecule has 0 aliphatic heterocycles. The van der Waals surface area contributed by atoms with E-state index in [0.29, 0.717) is 0 Å². The van der Waals surface area contributed by atoms with Gasteiger partial charge in [0, 0.05) is 33.9 Å². The molecule has 0 fully saturated rings. The Balaban J connectivity index is 2.33. The largest absolute Gasteiger partial charge is 0.212 e. The molecule has 0 aliphatic rings. The highest BCUT2D eigenvalue weighted by molar-refractivity contribution is 9.10. The van der Waals surface area contributed by atoms with Crippen LogP contribution in [-0.2, 0) is 6.54 Å². The molecule has 0 aliphatic carbocycles. The zero-order valence-corrected chi connectivity index (χ0v) is 12.6. The third-order valence-electron chi connectivity index (χ3n) is 2.61. The van der Waals surface area contributed by atoms with Crippen LogP contribution in [0.2, 0.25) is 0 Å². The Kier molecular flexibility index (Phi) is 4.75. The van der Waals surface area contributed by atoms with Crippen LogP contribution in [0.4, 0.5) is 0 Å². The molecular formula is C14H14Br2N+. The van der Waals surface area contributed by atoms with Gasteiger partial charge in [-0.15, -0.1) is 0 Å². The number of halogens is 2. The number of aromatic nitrogens is 1. The minimum absolute atomic E-state index is 1.04. The van der Waals surface area contributed by atoms with E-state index in [9.17, 15) is 0 Å². The molecule has 17 heavy (non-hydrogen) atoms. The van der Waals surface area contributed by atoms with E-state index in [2.05, 4.69) is 85.1 Å². The van der Waals surface area contributed by atoms with Crippen LogP contribution in [0.1, 0.15) is 6.42 Å². The summed E-state index contributed by atoms with van der Waals surface area (Å²) in [5.74, 6) is 0. The second-order valence-electron chi connectivity index (χ2n) is 3.83. The highest BCUT2D eigenvalue weighted by Crippen LogP contribution is 2.18. The molecule has 1 aromatic heterocycles. The first-order valence-electron chi connectivity index (χ1n) is 5.61. The van der Waals surface area contributed by atoms with Crippen LogP contribution < -0.4 is 4.57 Å². The van der Waals surface area contributed by atoms with Crippen molar-refractivity contribution >= 4 is 31.9 Å². The molecule has 2 aromatic rings. The molecule has 1 nitrogen and oxygen atoms in total. The van der Waals surface area contributed by atoms with E-state index in [1.165, 1.54) is 11.3 Å². The van der Waals surface area contributed by atoms with Crippen molar-refractivity contribution < 1.29 is 4.57 Å². The molecule has 0 unspecified atom stereocenters. The van der Waals surface area contributed by atoms with Crippen molar-refractivity contribution in [3.63, 3.8) is 0 Å². The minimum atomic E-state index is 1.04. The molecule has 0 saturated carbocycles. The fourth-order valence-corrected chi connectivity index (χ4v) is 2.30. The van der Waals surface area contributed by atoms with Gasteiger partial charge in [-0.1, -0.05) is 31.9 Å². The van der Waals surface area contributed by atoms with Crippen LogP contribution in [0.15, 0.2) is 53.1 Å². The lowest BCUT2D eigenvalue weighted by atomic mass is 10.1. The van der Waals surface area contributed by atoms with E-state index < -0.39 is 0 Å². The summed E-state index contributed by atoms with van der Waals surface area (Å²) in [7, 11) is 0. The quantitative estimate of drug-likeness (QED) is 0.572. The summed E-state index contributed by atoms with van der Waals surface area (Å²) in [5, 5.41) is 1.04. The van der Waals surface area contributed by atoms with E-state index >= 15 is 0 Å². The highest BCUT2D eigenvalue weighted by atomic mass is 79.9. The predicted octanol–water partition coefficient (Wildman–Crippen LogP) is 4.19. The van der Waals surface area contributed by atoms with E-state index in [-0.39, 0.29) is 0 Å². The predicted molar refractivity (Wildman–Crippen MR) is 78.2 cm³/mol. The fourth-order valence-electron chi connectivity index (χ4n) is 1.78. The van der Waals surface area contributed by atoms with Crippen molar-refractivity contribution in [3.8, 4) is 11.3 Å². The van der Waals surface area contributed by atoms with Crippen molar-refractivity contribution in [1.29, 1.82) is 0 Å². The van der Waals surface area contributed by atoms with Gasteiger partial charge in [-0.25, -0.2) is 0 Å². The van der Waals surface area contributed by atoms with Gasteiger partial charge in [0.2, 0.25) is 5.69 Å². The summed E-state index contributed by atoms with van der Waals surface area (Å²) in [4.78, 5) is 0. The molecule has 0 radical (unpaired) electrons. The van der Waals surface area contributed by atoms with Crippen molar-refractivity contribution in [1.82, 2.24) is 0 Å². The lowest BCUT2D eigenvalue weighted by Gasteiger charge is -2.03. The Hall–Kier alpha value is -0.670. The van der Waals surface area contributed by atoms with E-state index in [1.807, 2.05) is 0 Å². The Morgan fingerprint density at radius 3 is 2.47 bits per heavy atom. The van der Waals surface area contributed by atoms with Gasteiger partial charge < -0.3 is 0 Å². The second kappa shape index (κ2) is 6.31. The molecule has 1 aromatic carbocycles. The van der Waals surface area contributed by atoms with Crippen LogP contribution in [0.25, 0.3) is 11.3 Å². The van der Waals surface area contributed by atoms with Crippen molar-refractivity contribution in [2.45, 2.75) is 13.0 Å². The molecule has 1 heterocycles. The zero-order valence-electron chi connectivity index (χ0n) is 9.44. The molecule has 0 spiro atoms. The SMILES string of the molecule is BrCCC[n+]1ccccc1-c1ccc(Br)cc1. The maximum Gasteiger partial charge on any atom is 0.212 e. The standard InChI is InChI=1S/C14H14Br2N/c15-9-3-11-17-10-2-1-4-14(17)12-5-7-13(16)8-6-12/h1-2,4-8,10H,3,9,11H2/q+1. The Bertz CT molecular complexity index is 480. The van der Waals surface area contributed by atoms with E-state index in [1.54, 1.807) is 0 Å². The monoisotopic (exact) mass is 354 g/mol. The first kappa shape index (κ1) is 12.8. The van der Waals surface area contributed by atoms with Crippen molar-refractivity contribution in [2.24, 2.45) is 0 Å². The van der Waals surface area contributed by atoms with Crippen LogP contribution in [0, 0.1) is 0 Å². The molecule has 0 atom stereocenters. The van der Waals surface area contributed by atoms with Crippen molar-refractivity contribution in [2.75, 3.05) is 5.33 Å². The Labute approximate surface area is 119 Å². The molecule has 0 N–H and O–H groups in total. The topological polar surface area (TPSA) is 3.88 Å². The average Bonchev–Trinajstić information content (AvgIpc) is 2.38. The molecule has 88 valence electrons. The summed E-state index contributed by atoms with van der Waals surface area (Å²) < 4.78 is 3.41. The van der Waals surface area contributed by atoms with Gasteiger partial charge in [0.1, 0.15) is 6.54 Å². The Morgan fingerprint density at radius 1 is 1.00 bits per heavy atom. The molecule has 3 heteroatoms. The number of pyridine rings is 1. The Morgan fingerprint density at radius 2 is 1.76 bits per heavy atom. The second-order valence-corrected chi connectivity index (χ2v) is 5.54. The summed E-state index contributed by atoms with van der Waals surface area (Å²) in [6.45, 7) is 1.04. The van der Waals surface area contributed by atoms with Crippen molar-refractivity contribution in [3.05, 3.63) is 53.1 Å². The molecular weight excluding hydrogens is 342 g/mol. The van der Waals surface area contributed by atoms with Gasteiger partial charge in [0.15, 0.2) is 6.20 Å². The normalized spacial score (nSPS) is 10.5. The number of aryl methyl sites for hydroxylation is 1. The smallest absolute Gasteiger partial charge is 0.198 e. The van der Waals surface area contributed by atoms with Gasteiger partial charge in [0.25, 0.3) is 0 Å².